The smallest absolute Gasteiger partial charge is 0.255 e. The van der Waals surface area contributed by atoms with E-state index in [1.807, 2.05) is 18.2 Å². The summed E-state index contributed by atoms with van der Waals surface area (Å²) in [5.41, 5.74) is 0.603. The monoisotopic (exact) mass is 355 g/mol. The Morgan fingerprint density at radius 1 is 1.14 bits per heavy atom. The number of rotatable bonds is 10. The second kappa shape index (κ2) is 10.7. The molecule has 0 spiro atoms. The molecule has 0 aliphatic heterocycles. The summed E-state index contributed by atoms with van der Waals surface area (Å²) in [6, 6.07) is 5.56. The zero-order valence-electron chi connectivity index (χ0n) is 13.1. The van der Waals surface area contributed by atoms with Crippen molar-refractivity contribution >= 4 is 21.8 Å². The lowest BCUT2D eigenvalue weighted by Gasteiger charge is -2.11. The van der Waals surface area contributed by atoms with Gasteiger partial charge in [-0.15, -0.1) is 0 Å². The molecule has 0 unspecified atom stereocenters. The summed E-state index contributed by atoms with van der Waals surface area (Å²) in [5.74, 6) is 0.599. The molecule has 1 N–H and O–H groups in total. The average molecular weight is 356 g/mol. The van der Waals surface area contributed by atoms with Gasteiger partial charge in [-0.1, -0.05) is 55.5 Å². The van der Waals surface area contributed by atoms with E-state index in [9.17, 15) is 4.79 Å². The maximum atomic E-state index is 12.3. The molecule has 0 radical (unpaired) electrons. The van der Waals surface area contributed by atoms with Crippen molar-refractivity contribution in [3.05, 3.63) is 28.2 Å². The van der Waals surface area contributed by atoms with Gasteiger partial charge in [-0.3, -0.25) is 4.79 Å². The van der Waals surface area contributed by atoms with Crippen molar-refractivity contribution < 1.29 is 9.53 Å². The zero-order valence-corrected chi connectivity index (χ0v) is 14.7. The van der Waals surface area contributed by atoms with Crippen LogP contribution in [0.3, 0.4) is 0 Å². The number of carbonyl (C=O) groups is 1. The van der Waals surface area contributed by atoms with Crippen molar-refractivity contribution in [3.8, 4) is 5.75 Å². The molecule has 0 fully saturated rings. The van der Waals surface area contributed by atoms with E-state index in [1.54, 1.807) is 0 Å². The Hall–Kier alpha value is -1.03. The Morgan fingerprint density at radius 2 is 1.90 bits per heavy atom. The fourth-order valence-electron chi connectivity index (χ4n) is 2.04. The van der Waals surface area contributed by atoms with Crippen LogP contribution in [0.4, 0.5) is 0 Å². The van der Waals surface area contributed by atoms with Crippen LogP contribution in [0.15, 0.2) is 22.7 Å². The topological polar surface area (TPSA) is 38.3 Å². The third-order valence-corrected chi connectivity index (χ3v) is 3.71. The predicted molar refractivity (Wildman–Crippen MR) is 91.0 cm³/mol. The van der Waals surface area contributed by atoms with Crippen molar-refractivity contribution in [2.24, 2.45) is 0 Å². The molecule has 0 aromatic heterocycles. The maximum Gasteiger partial charge on any atom is 0.255 e. The van der Waals surface area contributed by atoms with Gasteiger partial charge >= 0.3 is 0 Å². The van der Waals surface area contributed by atoms with Crippen LogP contribution in [0.2, 0.25) is 0 Å². The molecule has 1 rings (SSSR count). The van der Waals surface area contributed by atoms with Gasteiger partial charge in [0.2, 0.25) is 0 Å². The molecule has 1 aromatic carbocycles. The quantitative estimate of drug-likeness (QED) is 0.603. The van der Waals surface area contributed by atoms with Crippen molar-refractivity contribution in [1.29, 1.82) is 0 Å². The number of unbranched alkanes of at least 4 members (excludes halogenated alkanes) is 4. The van der Waals surface area contributed by atoms with Gasteiger partial charge in [-0.2, -0.15) is 0 Å². The Bertz CT molecular complexity index is 435. The minimum absolute atomic E-state index is 0.0575. The Balaban J connectivity index is 2.50. The Morgan fingerprint density at radius 3 is 2.62 bits per heavy atom. The summed E-state index contributed by atoms with van der Waals surface area (Å²) < 4.78 is 6.53. The molecule has 21 heavy (non-hydrogen) atoms. The number of hydrogen-bond acceptors (Lipinski definition) is 2. The molecule has 0 bridgehead atoms. The summed E-state index contributed by atoms with van der Waals surface area (Å²) >= 11 is 3.41. The van der Waals surface area contributed by atoms with E-state index in [1.165, 1.54) is 25.7 Å². The normalized spacial score (nSPS) is 10.4. The van der Waals surface area contributed by atoms with Crippen LogP contribution in [-0.2, 0) is 0 Å². The fourth-order valence-corrected chi connectivity index (χ4v) is 2.40. The summed E-state index contributed by atoms with van der Waals surface area (Å²) in [6.07, 6.45) is 6.89. The van der Waals surface area contributed by atoms with Crippen LogP contribution in [-0.4, -0.2) is 19.1 Å². The van der Waals surface area contributed by atoms with Gasteiger partial charge in [-0.25, -0.2) is 0 Å². The second-order valence-corrected chi connectivity index (χ2v) is 6.07. The van der Waals surface area contributed by atoms with Crippen LogP contribution in [0.5, 0.6) is 5.75 Å². The molecule has 0 heterocycles. The van der Waals surface area contributed by atoms with E-state index in [-0.39, 0.29) is 5.91 Å². The fraction of sp³-hybridized carbons (Fsp3) is 0.588. The number of halogens is 1. The molecule has 4 heteroatoms. The Labute approximate surface area is 136 Å². The highest BCUT2D eigenvalue weighted by atomic mass is 79.9. The van der Waals surface area contributed by atoms with Crippen LogP contribution in [0.1, 0.15) is 62.7 Å². The largest absolute Gasteiger partial charge is 0.493 e. The minimum atomic E-state index is -0.0575. The SMILES string of the molecule is CCCCCCCNC(=O)c1cc(Br)ccc1OCCC. The molecular formula is C17H26BrNO2. The van der Waals surface area contributed by atoms with Crippen LogP contribution >= 0.6 is 15.9 Å². The zero-order chi connectivity index (χ0) is 15.5. The van der Waals surface area contributed by atoms with Gasteiger partial charge in [0, 0.05) is 11.0 Å². The van der Waals surface area contributed by atoms with Crippen LogP contribution < -0.4 is 10.1 Å². The standard InChI is InChI=1S/C17H26BrNO2/c1-3-5-6-7-8-11-19-17(20)15-13-14(18)9-10-16(15)21-12-4-2/h9-10,13H,3-8,11-12H2,1-2H3,(H,19,20). The Kier molecular flexibility index (Phi) is 9.15. The van der Waals surface area contributed by atoms with Crippen molar-refractivity contribution in [1.82, 2.24) is 5.32 Å². The van der Waals surface area contributed by atoms with Gasteiger partial charge < -0.3 is 10.1 Å². The molecule has 1 amide bonds. The van der Waals surface area contributed by atoms with Crippen molar-refractivity contribution in [2.45, 2.75) is 52.4 Å². The predicted octanol–water partition coefficient (Wildman–Crippen LogP) is 4.94. The number of carbonyl (C=O) groups excluding carboxylic acids is 1. The van der Waals surface area contributed by atoms with Crippen molar-refractivity contribution in [3.63, 3.8) is 0 Å². The lowest BCUT2D eigenvalue weighted by molar-refractivity contribution is 0.0948. The summed E-state index contributed by atoms with van der Waals surface area (Å²) in [7, 11) is 0. The van der Waals surface area contributed by atoms with Gasteiger partial charge in [0.1, 0.15) is 5.75 Å². The number of benzene rings is 1. The molecule has 1 aromatic rings. The van der Waals surface area contributed by atoms with E-state index >= 15 is 0 Å². The summed E-state index contributed by atoms with van der Waals surface area (Å²) in [6.45, 7) is 5.60. The highest BCUT2D eigenvalue weighted by molar-refractivity contribution is 9.10. The molecular weight excluding hydrogens is 330 g/mol. The molecule has 118 valence electrons. The minimum Gasteiger partial charge on any atom is -0.493 e. The molecule has 0 aliphatic carbocycles. The molecule has 0 aliphatic rings. The first-order valence-corrected chi connectivity index (χ1v) is 8.68. The first kappa shape index (κ1) is 18.0. The van der Waals surface area contributed by atoms with E-state index in [0.717, 1.165) is 23.9 Å². The van der Waals surface area contributed by atoms with E-state index in [2.05, 4.69) is 35.1 Å². The number of amides is 1. The second-order valence-electron chi connectivity index (χ2n) is 5.16. The maximum absolute atomic E-state index is 12.3. The molecule has 0 atom stereocenters. The van der Waals surface area contributed by atoms with Crippen molar-refractivity contribution in [2.75, 3.05) is 13.2 Å². The highest BCUT2D eigenvalue weighted by Gasteiger charge is 2.12. The first-order valence-electron chi connectivity index (χ1n) is 7.89. The van der Waals surface area contributed by atoms with E-state index in [4.69, 9.17) is 4.74 Å². The molecule has 3 nitrogen and oxygen atoms in total. The molecule has 0 saturated heterocycles. The summed E-state index contributed by atoms with van der Waals surface area (Å²) in [4.78, 5) is 12.3. The van der Waals surface area contributed by atoms with Crippen LogP contribution in [0.25, 0.3) is 0 Å². The number of ether oxygens (including phenoxy) is 1. The van der Waals surface area contributed by atoms with E-state index < -0.39 is 0 Å². The first-order chi connectivity index (χ1) is 10.2. The molecule has 0 saturated carbocycles. The number of nitrogens with one attached hydrogen (secondary N) is 1. The lowest BCUT2D eigenvalue weighted by Crippen LogP contribution is -2.25. The lowest BCUT2D eigenvalue weighted by atomic mass is 10.1. The summed E-state index contributed by atoms with van der Waals surface area (Å²) in [5, 5.41) is 2.98. The van der Waals surface area contributed by atoms with E-state index in [0.29, 0.717) is 17.9 Å². The van der Waals surface area contributed by atoms with Gasteiger partial charge in [0.25, 0.3) is 5.91 Å². The third kappa shape index (κ3) is 6.98. The van der Waals surface area contributed by atoms with Gasteiger partial charge in [0.05, 0.1) is 12.2 Å². The van der Waals surface area contributed by atoms with Gasteiger partial charge in [0.15, 0.2) is 0 Å². The highest BCUT2D eigenvalue weighted by Crippen LogP contribution is 2.23. The average Bonchev–Trinajstić information content (AvgIpc) is 2.49. The number of hydrogen-bond donors (Lipinski definition) is 1. The van der Waals surface area contributed by atoms with Gasteiger partial charge in [-0.05, 0) is 31.0 Å². The third-order valence-electron chi connectivity index (χ3n) is 3.21. The van der Waals surface area contributed by atoms with Crippen LogP contribution in [0, 0.1) is 0 Å².